The fourth-order valence-electron chi connectivity index (χ4n) is 3.84. The first kappa shape index (κ1) is 11.4. The molecule has 0 saturated heterocycles. The minimum absolute atomic E-state index is 0.111. The van der Waals surface area contributed by atoms with Crippen LogP contribution >= 0.6 is 0 Å². The first-order chi connectivity index (χ1) is 7.35. The van der Waals surface area contributed by atoms with Gasteiger partial charge in [0.2, 0.25) is 0 Å². The normalized spacial score (nSPS) is 36.0. The first-order valence-electron chi connectivity index (χ1n) is 6.91. The lowest BCUT2D eigenvalue weighted by Gasteiger charge is -2.29. The minimum atomic E-state index is -0.111. The highest BCUT2D eigenvalue weighted by atomic mass is 19.1. The number of halogens is 1. The largest absolute Gasteiger partial charge is 0.251 e. The molecule has 2 fully saturated rings. The molecule has 3 atom stereocenters. The van der Waals surface area contributed by atoms with Gasteiger partial charge in [-0.1, -0.05) is 19.8 Å². The lowest BCUT2D eigenvalue weighted by Crippen LogP contribution is -2.18. The second-order valence-corrected chi connectivity index (χ2v) is 5.71. The molecule has 0 aromatic heterocycles. The zero-order chi connectivity index (χ0) is 10.7. The Balaban J connectivity index is 1.81. The summed E-state index contributed by atoms with van der Waals surface area (Å²) in [6, 6.07) is 0. The molecule has 0 bridgehead atoms. The Bertz CT molecular complexity index is 178. The van der Waals surface area contributed by atoms with Crippen molar-refractivity contribution < 1.29 is 4.39 Å². The molecule has 2 saturated carbocycles. The predicted molar refractivity (Wildman–Crippen MR) is 62.5 cm³/mol. The van der Waals surface area contributed by atoms with E-state index in [2.05, 4.69) is 6.92 Å². The van der Waals surface area contributed by atoms with Gasteiger partial charge in [-0.15, -0.1) is 0 Å². The Kier molecular flexibility index (Phi) is 4.05. The van der Waals surface area contributed by atoms with E-state index >= 15 is 0 Å². The van der Waals surface area contributed by atoms with Gasteiger partial charge >= 0.3 is 0 Å². The van der Waals surface area contributed by atoms with Crippen LogP contribution in [0.2, 0.25) is 0 Å². The van der Waals surface area contributed by atoms with Crippen LogP contribution in [0.25, 0.3) is 0 Å². The summed E-state index contributed by atoms with van der Waals surface area (Å²) in [6.45, 7) is 2.16. The molecule has 0 amide bonds. The maximum absolute atomic E-state index is 12.2. The predicted octanol–water partition coefficient (Wildman–Crippen LogP) is 4.59. The number of alkyl halides is 1. The molecular formula is C14H25F. The SMILES string of the molecule is CCCC(CCCF)C1CC2CCC2C1. The van der Waals surface area contributed by atoms with Crippen molar-refractivity contribution in [2.24, 2.45) is 23.7 Å². The van der Waals surface area contributed by atoms with E-state index in [4.69, 9.17) is 0 Å². The molecule has 0 radical (unpaired) electrons. The molecule has 88 valence electrons. The van der Waals surface area contributed by atoms with E-state index in [9.17, 15) is 4.39 Å². The van der Waals surface area contributed by atoms with Gasteiger partial charge in [0.1, 0.15) is 0 Å². The lowest BCUT2D eigenvalue weighted by atomic mass is 9.77. The number of rotatable bonds is 6. The van der Waals surface area contributed by atoms with Crippen LogP contribution in [-0.2, 0) is 0 Å². The highest BCUT2D eigenvalue weighted by Gasteiger charge is 2.42. The zero-order valence-electron chi connectivity index (χ0n) is 10.1. The molecule has 0 heterocycles. The molecule has 0 N–H and O–H groups in total. The van der Waals surface area contributed by atoms with Gasteiger partial charge in [-0.3, -0.25) is 4.39 Å². The summed E-state index contributed by atoms with van der Waals surface area (Å²) in [7, 11) is 0. The molecule has 0 nitrogen and oxygen atoms in total. The Hall–Kier alpha value is -0.0700. The van der Waals surface area contributed by atoms with Crippen LogP contribution in [0.4, 0.5) is 4.39 Å². The second-order valence-electron chi connectivity index (χ2n) is 5.71. The Morgan fingerprint density at radius 1 is 1.13 bits per heavy atom. The van der Waals surface area contributed by atoms with E-state index in [-0.39, 0.29) is 6.67 Å². The molecule has 0 aromatic carbocycles. The monoisotopic (exact) mass is 212 g/mol. The van der Waals surface area contributed by atoms with Crippen LogP contribution in [0.3, 0.4) is 0 Å². The number of hydrogen-bond acceptors (Lipinski definition) is 0. The summed E-state index contributed by atoms with van der Waals surface area (Å²) in [5.74, 6) is 3.94. The third kappa shape index (κ3) is 2.54. The Labute approximate surface area is 93.6 Å². The van der Waals surface area contributed by atoms with Crippen LogP contribution < -0.4 is 0 Å². The van der Waals surface area contributed by atoms with Gasteiger partial charge in [0.05, 0.1) is 6.67 Å². The number of hydrogen-bond donors (Lipinski definition) is 0. The summed E-state index contributed by atoms with van der Waals surface area (Å²) < 4.78 is 12.2. The molecule has 15 heavy (non-hydrogen) atoms. The summed E-state index contributed by atoms with van der Waals surface area (Å²) in [5, 5.41) is 0. The molecular weight excluding hydrogens is 187 g/mol. The smallest absolute Gasteiger partial charge is 0.0894 e. The first-order valence-corrected chi connectivity index (χ1v) is 6.91. The van der Waals surface area contributed by atoms with E-state index in [1.165, 1.54) is 38.5 Å². The standard InChI is InChI=1S/C14H25F/c1-2-4-11(5-3-8-15)14-9-12-6-7-13(12)10-14/h11-14H,2-10H2,1H3. The maximum Gasteiger partial charge on any atom is 0.0894 e. The maximum atomic E-state index is 12.2. The Morgan fingerprint density at radius 3 is 2.27 bits per heavy atom. The molecule has 0 aliphatic heterocycles. The van der Waals surface area contributed by atoms with E-state index in [1.54, 1.807) is 0 Å². The van der Waals surface area contributed by atoms with Gasteiger partial charge in [0.25, 0.3) is 0 Å². The molecule has 2 rings (SSSR count). The third-order valence-corrected chi connectivity index (χ3v) is 4.82. The minimum Gasteiger partial charge on any atom is -0.251 e. The van der Waals surface area contributed by atoms with Gasteiger partial charge in [-0.25, -0.2) is 0 Å². The van der Waals surface area contributed by atoms with Gasteiger partial charge in [-0.2, -0.15) is 0 Å². The lowest BCUT2D eigenvalue weighted by molar-refractivity contribution is 0.219. The zero-order valence-corrected chi connectivity index (χ0v) is 10.1. The van der Waals surface area contributed by atoms with Crippen molar-refractivity contribution in [3.63, 3.8) is 0 Å². The average Bonchev–Trinajstić information content (AvgIpc) is 2.50. The molecule has 2 aliphatic carbocycles. The average molecular weight is 212 g/mol. The quantitative estimate of drug-likeness (QED) is 0.604. The molecule has 0 aromatic rings. The van der Waals surface area contributed by atoms with Crippen molar-refractivity contribution in [2.75, 3.05) is 6.67 Å². The summed E-state index contributed by atoms with van der Waals surface area (Å²) >= 11 is 0. The van der Waals surface area contributed by atoms with E-state index in [0.29, 0.717) is 0 Å². The van der Waals surface area contributed by atoms with Gasteiger partial charge in [-0.05, 0) is 62.2 Å². The van der Waals surface area contributed by atoms with Crippen LogP contribution in [0.15, 0.2) is 0 Å². The van der Waals surface area contributed by atoms with Crippen molar-refractivity contribution in [1.82, 2.24) is 0 Å². The van der Waals surface area contributed by atoms with Gasteiger partial charge in [0, 0.05) is 0 Å². The van der Waals surface area contributed by atoms with Crippen molar-refractivity contribution in [2.45, 2.75) is 58.3 Å². The highest BCUT2D eigenvalue weighted by molar-refractivity contribution is 4.92. The van der Waals surface area contributed by atoms with E-state index < -0.39 is 0 Å². The second kappa shape index (κ2) is 5.32. The van der Waals surface area contributed by atoms with Crippen LogP contribution in [0, 0.1) is 23.7 Å². The molecule has 1 heteroatoms. The van der Waals surface area contributed by atoms with Gasteiger partial charge in [0.15, 0.2) is 0 Å². The van der Waals surface area contributed by atoms with E-state index in [1.807, 2.05) is 0 Å². The van der Waals surface area contributed by atoms with Gasteiger partial charge < -0.3 is 0 Å². The van der Waals surface area contributed by atoms with Crippen molar-refractivity contribution >= 4 is 0 Å². The molecule has 2 aliphatic rings. The van der Waals surface area contributed by atoms with Crippen molar-refractivity contribution in [1.29, 1.82) is 0 Å². The van der Waals surface area contributed by atoms with Crippen molar-refractivity contribution in [3.8, 4) is 0 Å². The summed E-state index contributed by atoms with van der Waals surface area (Å²) in [6.07, 6.45) is 10.5. The summed E-state index contributed by atoms with van der Waals surface area (Å²) in [5.41, 5.74) is 0. The fraction of sp³-hybridized carbons (Fsp3) is 1.00. The molecule has 0 spiro atoms. The van der Waals surface area contributed by atoms with Crippen LogP contribution in [0.5, 0.6) is 0 Å². The number of fused-ring (bicyclic) bond motifs is 1. The molecule has 3 unspecified atom stereocenters. The summed E-state index contributed by atoms with van der Waals surface area (Å²) in [4.78, 5) is 0. The highest BCUT2D eigenvalue weighted by Crippen LogP contribution is 2.52. The van der Waals surface area contributed by atoms with Crippen LogP contribution in [0.1, 0.15) is 58.3 Å². The topological polar surface area (TPSA) is 0 Å². The Morgan fingerprint density at radius 2 is 1.80 bits per heavy atom. The van der Waals surface area contributed by atoms with E-state index in [0.717, 1.165) is 36.5 Å². The third-order valence-electron chi connectivity index (χ3n) is 4.82. The fourth-order valence-corrected chi connectivity index (χ4v) is 3.84. The van der Waals surface area contributed by atoms with Crippen LogP contribution in [-0.4, -0.2) is 6.67 Å². The van der Waals surface area contributed by atoms with Crippen molar-refractivity contribution in [3.05, 3.63) is 0 Å².